The van der Waals surface area contributed by atoms with E-state index in [0.717, 1.165) is 10.2 Å². The van der Waals surface area contributed by atoms with Gasteiger partial charge >= 0.3 is 0 Å². The second-order valence-electron chi connectivity index (χ2n) is 5.21. The van der Waals surface area contributed by atoms with Crippen molar-refractivity contribution < 1.29 is 17.9 Å². The summed E-state index contributed by atoms with van der Waals surface area (Å²) in [5.74, 6) is -0.219. The molecule has 120 valence electrons. The standard InChI is InChI=1S/C13H17N3O4S2/c1-22(18,19)16-3-4-20-9(8-16)7-14-13(17)11-6-12-10(15-11)2-5-21-12/h2,5-6,9,15H,3-4,7-8H2,1H3,(H,14,17). The first-order valence-corrected chi connectivity index (χ1v) is 9.57. The smallest absolute Gasteiger partial charge is 0.267 e. The highest BCUT2D eigenvalue weighted by Gasteiger charge is 2.26. The van der Waals surface area contributed by atoms with Gasteiger partial charge in [0.15, 0.2) is 0 Å². The first kappa shape index (κ1) is 15.5. The molecular weight excluding hydrogens is 326 g/mol. The van der Waals surface area contributed by atoms with Crippen LogP contribution in [0.5, 0.6) is 0 Å². The van der Waals surface area contributed by atoms with Crippen molar-refractivity contribution in [2.24, 2.45) is 0 Å². The van der Waals surface area contributed by atoms with Crippen LogP contribution in [-0.4, -0.2) is 62.2 Å². The second-order valence-corrected chi connectivity index (χ2v) is 8.14. The maximum Gasteiger partial charge on any atom is 0.267 e. The topological polar surface area (TPSA) is 91.5 Å². The minimum atomic E-state index is -3.22. The Morgan fingerprint density at radius 2 is 2.41 bits per heavy atom. The Labute approximate surface area is 132 Å². The molecule has 0 radical (unpaired) electrons. The number of carbonyl (C=O) groups excluding carboxylic acids is 1. The summed E-state index contributed by atoms with van der Waals surface area (Å²) in [4.78, 5) is 15.2. The van der Waals surface area contributed by atoms with Gasteiger partial charge in [-0.3, -0.25) is 4.79 Å². The molecule has 3 rings (SSSR count). The van der Waals surface area contributed by atoms with Gasteiger partial charge in [0.25, 0.3) is 5.91 Å². The van der Waals surface area contributed by atoms with Gasteiger partial charge in [-0.25, -0.2) is 8.42 Å². The molecule has 1 aliphatic heterocycles. The molecular formula is C13H17N3O4S2. The molecule has 9 heteroatoms. The van der Waals surface area contributed by atoms with Gasteiger partial charge in [-0.05, 0) is 17.5 Å². The summed E-state index contributed by atoms with van der Waals surface area (Å²) in [5.41, 5.74) is 1.44. The van der Waals surface area contributed by atoms with Crippen LogP contribution in [0.1, 0.15) is 10.5 Å². The number of thiophene rings is 1. The van der Waals surface area contributed by atoms with E-state index in [1.807, 2.05) is 11.4 Å². The van der Waals surface area contributed by atoms with Crippen molar-refractivity contribution in [1.82, 2.24) is 14.6 Å². The lowest BCUT2D eigenvalue weighted by atomic mass is 10.3. The largest absolute Gasteiger partial charge is 0.374 e. The molecule has 3 heterocycles. The fourth-order valence-corrected chi connectivity index (χ4v) is 4.02. The number of H-pyrrole nitrogens is 1. The third-order valence-corrected chi connectivity index (χ3v) is 5.68. The minimum Gasteiger partial charge on any atom is -0.374 e. The van der Waals surface area contributed by atoms with Gasteiger partial charge in [0.05, 0.1) is 29.2 Å². The summed E-state index contributed by atoms with van der Waals surface area (Å²) in [6.07, 6.45) is 0.850. The lowest BCUT2D eigenvalue weighted by molar-refractivity contribution is 0.000417. The van der Waals surface area contributed by atoms with Crippen molar-refractivity contribution in [3.8, 4) is 0 Å². The third kappa shape index (κ3) is 3.32. The SMILES string of the molecule is CS(=O)(=O)N1CCOC(CNC(=O)c2cc3sccc3[nH]2)C1. The molecule has 22 heavy (non-hydrogen) atoms. The highest BCUT2D eigenvalue weighted by Crippen LogP contribution is 2.21. The number of aromatic amines is 1. The van der Waals surface area contributed by atoms with Crippen LogP contribution in [0.4, 0.5) is 0 Å². The Morgan fingerprint density at radius 1 is 1.59 bits per heavy atom. The zero-order valence-corrected chi connectivity index (χ0v) is 13.7. The number of hydrogen-bond acceptors (Lipinski definition) is 5. The van der Waals surface area contributed by atoms with Gasteiger partial charge in [0.2, 0.25) is 10.0 Å². The van der Waals surface area contributed by atoms with Crippen LogP contribution in [0.3, 0.4) is 0 Å². The molecule has 1 atom stereocenters. The Morgan fingerprint density at radius 3 is 3.14 bits per heavy atom. The lowest BCUT2D eigenvalue weighted by Gasteiger charge is -2.31. The Kier molecular flexibility index (Phi) is 4.22. The number of ether oxygens (including phenoxy) is 1. The van der Waals surface area contributed by atoms with E-state index in [9.17, 15) is 13.2 Å². The van der Waals surface area contributed by atoms with Crippen LogP contribution in [0, 0.1) is 0 Å². The molecule has 1 unspecified atom stereocenters. The van der Waals surface area contributed by atoms with E-state index in [1.54, 1.807) is 17.4 Å². The number of hydrogen-bond donors (Lipinski definition) is 2. The van der Waals surface area contributed by atoms with Gasteiger partial charge in [-0.2, -0.15) is 4.31 Å². The minimum absolute atomic E-state index is 0.219. The zero-order chi connectivity index (χ0) is 15.7. The molecule has 1 amide bonds. The van der Waals surface area contributed by atoms with Gasteiger partial charge in [-0.1, -0.05) is 0 Å². The Hall–Kier alpha value is -1.42. The van der Waals surface area contributed by atoms with E-state index in [1.165, 1.54) is 10.6 Å². The lowest BCUT2D eigenvalue weighted by Crippen LogP contribution is -2.49. The fourth-order valence-electron chi connectivity index (χ4n) is 2.39. The van der Waals surface area contributed by atoms with Crippen LogP contribution in [0.2, 0.25) is 0 Å². The molecule has 1 fully saturated rings. The molecule has 2 N–H and O–H groups in total. The van der Waals surface area contributed by atoms with Crippen LogP contribution < -0.4 is 5.32 Å². The van der Waals surface area contributed by atoms with Crippen molar-refractivity contribution in [2.75, 3.05) is 32.5 Å². The molecule has 0 saturated carbocycles. The Balaban J connectivity index is 1.57. The average Bonchev–Trinajstić information content (AvgIpc) is 3.05. The molecule has 2 aromatic heterocycles. The number of rotatable bonds is 4. The quantitative estimate of drug-likeness (QED) is 0.851. The number of carbonyl (C=O) groups is 1. The first-order chi connectivity index (χ1) is 10.4. The molecule has 0 bridgehead atoms. The van der Waals surface area contributed by atoms with Gasteiger partial charge in [0.1, 0.15) is 5.69 Å². The van der Waals surface area contributed by atoms with Crippen LogP contribution >= 0.6 is 11.3 Å². The molecule has 0 spiro atoms. The fraction of sp³-hybridized carbons (Fsp3) is 0.462. The maximum atomic E-state index is 12.1. The predicted octanol–water partition coefficient (Wildman–Crippen LogP) is 0.620. The predicted molar refractivity (Wildman–Crippen MR) is 84.7 cm³/mol. The van der Waals surface area contributed by atoms with Gasteiger partial charge < -0.3 is 15.0 Å². The van der Waals surface area contributed by atoms with Crippen LogP contribution in [0.15, 0.2) is 17.5 Å². The van der Waals surface area contributed by atoms with E-state index < -0.39 is 10.0 Å². The van der Waals surface area contributed by atoms with Crippen LogP contribution in [-0.2, 0) is 14.8 Å². The number of amides is 1. The number of aromatic nitrogens is 1. The van der Waals surface area contributed by atoms with E-state index in [4.69, 9.17) is 4.74 Å². The maximum absolute atomic E-state index is 12.1. The summed E-state index contributed by atoms with van der Waals surface area (Å²) in [6, 6.07) is 3.73. The van der Waals surface area contributed by atoms with Crippen molar-refractivity contribution in [2.45, 2.75) is 6.10 Å². The van der Waals surface area contributed by atoms with Crippen molar-refractivity contribution in [1.29, 1.82) is 0 Å². The van der Waals surface area contributed by atoms with Crippen molar-refractivity contribution in [3.05, 3.63) is 23.2 Å². The second kappa shape index (κ2) is 5.99. The highest BCUT2D eigenvalue weighted by atomic mass is 32.2. The summed E-state index contributed by atoms with van der Waals surface area (Å²) in [7, 11) is -3.22. The molecule has 7 nitrogen and oxygen atoms in total. The van der Waals surface area contributed by atoms with Crippen LogP contribution in [0.25, 0.3) is 10.2 Å². The molecule has 0 aliphatic carbocycles. The Bertz CT molecular complexity index is 752. The van der Waals surface area contributed by atoms with E-state index >= 15 is 0 Å². The normalized spacial score (nSPS) is 20.3. The van der Waals surface area contributed by atoms with E-state index in [0.29, 0.717) is 18.8 Å². The zero-order valence-electron chi connectivity index (χ0n) is 12.0. The number of nitrogens with zero attached hydrogens (tertiary/aromatic N) is 1. The van der Waals surface area contributed by atoms with E-state index in [-0.39, 0.29) is 25.1 Å². The molecule has 1 aliphatic rings. The number of nitrogens with one attached hydrogen (secondary N) is 2. The summed E-state index contributed by atoms with van der Waals surface area (Å²) in [6.45, 7) is 1.23. The first-order valence-electron chi connectivity index (χ1n) is 6.84. The van der Waals surface area contributed by atoms with Crippen molar-refractivity contribution >= 4 is 37.5 Å². The van der Waals surface area contributed by atoms with Gasteiger partial charge in [0, 0.05) is 19.6 Å². The van der Waals surface area contributed by atoms with Crippen molar-refractivity contribution in [3.63, 3.8) is 0 Å². The number of morpholine rings is 1. The molecule has 1 saturated heterocycles. The number of sulfonamides is 1. The monoisotopic (exact) mass is 343 g/mol. The van der Waals surface area contributed by atoms with E-state index in [2.05, 4.69) is 10.3 Å². The summed E-state index contributed by atoms with van der Waals surface area (Å²) in [5, 5.41) is 4.74. The molecule has 0 aromatic carbocycles. The third-order valence-electron chi connectivity index (χ3n) is 3.55. The van der Waals surface area contributed by atoms with Gasteiger partial charge in [-0.15, -0.1) is 11.3 Å². The molecule has 2 aromatic rings. The highest BCUT2D eigenvalue weighted by molar-refractivity contribution is 7.88. The average molecular weight is 343 g/mol. The summed E-state index contributed by atoms with van der Waals surface area (Å²) < 4.78 is 31.0. The number of fused-ring (bicyclic) bond motifs is 1. The summed E-state index contributed by atoms with van der Waals surface area (Å²) >= 11 is 1.57.